The Bertz CT molecular complexity index is 1400. The van der Waals surface area contributed by atoms with Gasteiger partial charge in [0.05, 0.1) is 46.9 Å². The maximum absolute atomic E-state index is 13.5. The average Bonchev–Trinajstić information content (AvgIpc) is 3.19. The first kappa shape index (κ1) is 26.9. The number of halogens is 1. The van der Waals surface area contributed by atoms with Crippen molar-refractivity contribution in [1.29, 1.82) is 0 Å². The smallest absolute Gasteiger partial charge is 0.278 e. The second kappa shape index (κ2) is 11.6. The van der Waals surface area contributed by atoms with Crippen LogP contribution in [0, 0.1) is 0 Å². The minimum absolute atomic E-state index is 0.114. The first-order valence-corrected chi connectivity index (χ1v) is 13.1. The number of ether oxygens (including phenoxy) is 4. The average molecular weight is 597 g/mol. The second-order valence-electron chi connectivity index (χ2n) is 9.02. The zero-order valence-corrected chi connectivity index (χ0v) is 23.5. The number of rotatable bonds is 8. The quantitative estimate of drug-likeness (QED) is 0.417. The number of morpholine rings is 1. The van der Waals surface area contributed by atoms with Crippen LogP contribution < -0.4 is 24.8 Å². The molecule has 0 aliphatic carbocycles. The SMILES string of the molecule is COc1cc(Cc2cnc(N=C3C(=O)N(CN4CCOCC4)c4ccc(Br)cc43)nc2N)cc(OC)c1OC. The van der Waals surface area contributed by atoms with Gasteiger partial charge in [-0.15, -0.1) is 0 Å². The molecule has 1 aromatic heterocycles. The fourth-order valence-electron chi connectivity index (χ4n) is 4.63. The molecule has 1 amide bonds. The van der Waals surface area contributed by atoms with Crippen LogP contribution in [0.25, 0.3) is 0 Å². The van der Waals surface area contributed by atoms with Gasteiger partial charge in [0.2, 0.25) is 5.75 Å². The van der Waals surface area contributed by atoms with E-state index >= 15 is 0 Å². The van der Waals surface area contributed by atoms with Crippen molar-refractivity contribution in [2.45, 2.75) is 6.42 Å². The number of nitrogen functional groups attached to an aromatic ring is 1. The van der Waals surface area contributed by atoms with Crippen LogP contribution in [0.2, 0.25) is 0 Å². The number of carbonyl (C=O) groups excluding carboxylic acids is 1. The van der Waals surface area contributed by atoms with Crippen LogP contribution in [0.1, 0.15) is 16.7 Å². The predicted octanol–water partition coefficient (Wildman–Crippen LogP) is 3.20. The largest absolute Gasteiger partial charge is 0.493 e. The van der Waals surface area contributed by atoms with Gasteiger partial charge in [-0.3, -0.25) is 14.6 Å². The molecule has 3 aromatic rings. The molecule has 2 aliphatic heterocycles. The molecule has 2 aliphatic rings. The van der Waals surface area contributed by atoms with Crippen molar-refractivity contribution in [1.82, 2.24) is 14.9 Å². The molecule has 11 nitrogen and oxygen atoms in total. The summed E-state index contributed by atoms with van der Waals surface area (Å²) in [4.78, 5) is 30.8. The van der Waals surface area contributed by atoms with Gasteiger partial charge in [-0.05, 0) is 35.9 Å². The lowest BCUT2D eigenvalue weighted by Gasteiger charge is -2.30. The van der Waals surface area contributed by atoms with E-state index < -0.39 is 0 Å². The molecule has 5 rings (SSSR count). The minimum atomic E-state index is -0.210. The van der Waals surface area contributed by atoms with Crippen molar-refractivity contribution < 1.29 is 23.7 Å². The Kier molecular flexibility index (Phi) is 7.96. The van der Waals surface area contributed by atoms with Crippen molar-refractivity contribution in [3.63, 3.8) is 0 Å². The van der Waals surface area contributed by atoms with Crippen LogP contribution in [0.5, 0.6) is 17.2 Å². The molecule has 0 radical (unpaired) electrons. The maximum atomic E-state index is 13.5. The zero-order chi connectivity index (χ0) is 27.5. The van der Waals surface area contributed by atoms with Gasteiger partial charge in [0.1, 0.15) is 11.5 Å². The lowest BCUT2D eigenvalue weighted by molar-refractivity contribution is -0.112. The van der Waals surface area contributed by atoms with Crippen molar-refractivity contribution >= 4 is 45.0 Å². The fourth-order valence-corrected chi connectivity index (χ4v) is 5.00. The van der Waals surface area contributed by atoms with E-state index in [0.29, 0.717) is 54.7 Å². The Morgan fingerprint density at radius 1 is 1.08 bits per heavy atom. The van der Waals surface area contributed by atoms with E-state index in [1.54, 1.807) is 32.4 Å². The normalized spacial score (nSPS) is 16.5. The van der Waals surface area contributed by atoms with E-state index in [9.17, 15) is 4.79 Å². The lowest BCUT2D eigenvalue weighted by atomic mass is 10.1. The highest BCUT2D eigenvalue weighted by Gasteiger charge is 2.35. The molecule has 204 valence electrons. The molecule has 3 heterocycles. The van der Waals surface area contributed by atoms with E-state index in [-0.39, 0.29) is 23.4 Å². The van der Waals surface area contributed by atoms with Gasteiger partial charge in [-0.1, -0.05) is 15.9 Å². The maximum Gasteiger partial charge on any atom is 0.278 e. The molecule has 0 bridgehead atoms. The van der Waals surface area contributed by atoms with Gasteiger partial charge in [0, 0.05) is 41.3 Å². The topological polar surface area (TPSA) is 125 Å². The van der Waals surface area contributed by atoms with E-state index in [0.717, 1.165) is 28.8 Å². The van der Waals surface area contributed by atoms with Gasteiger partial charge in [-0.25, -0.2) is 9.98 Å². The summed E-state index contributed by atoms with van der Waals surface area (Å²) in [5.74, 6) is 1.76. The van der Waals surface area contributed by atoms with Gasteiger partial charge >= 0.3 is 0 Å². The van der Waals surface area contributed by atoms with Crippen molar-refractivity contribution in [2.24, 2.45) is 4.99 Å². The molecular formula is C27H29BrN6O5. The summed E-state index contributed by atoms with van der Waals surface area (Å²) in [6.45, 7) is 3.26. The number of carbonyl (C=O) groups is 1. The van der Waals surface area contributed by atoms with Crippen LogP contribution in [-0.2, 0) is 16.0 Å². The van der Waals surface area contributed by atoms with E-state index in [1.807, 2.05) is 30.3 Å². The number of nitrogens with zero attached hydrogens (tertiary/aromatic N) is 5. The third-order valence-electron chi connectivity index (χ3n) is 6.61. The number of hydrogen-bond donors (Lipinski definition) is 1. The van der Waals surface area contributed by atoms with E-state index in [1.165, 1.54) is 0 Å². The van der Waals surface area contributed by atoms with Crippen LogP contribution in [0.15, 0.2) is 46.0 Å². The Labute approximate surface area is 234 Å². The molecule has 0 saturated carbocycles. The summed E-state index contributed by atoms with van der Waals surface area (Å²) in [6, 6.07) is 9.41. The molecule has 2 N–H and O–H groups in total. The molecule has 39 heavy (non-hydrogen) atoms. The molecule has 0 atom stereocenters. The highest BCUT2D eigenvalue weighted by Crippen LogP contribution is 2.39. The molecule has 1 fully saturated rings. The first-order valence-electron chi connectivity index (χ1n) is 12.3. The minimum Gasteiger partial charge on any atom is -0.493 e. The van der Waals surface area contributed by atoms with Crippen LogP contribution in [-0.4, -0.2) is 80.8 Å². The third kappa shape index (κ3) is 5.54. The number of hydrogen-bond acceptors (Lipinski definition) is 10. The summed E-state index contributed by atoms with van der Waals surface area (Å²) >= 11 is 3.51. The highest BCUT2D eigenvalue weighted by atomic mass is 79.9. The highest BCUT2D eigenvalue weighted by molar-refractivity contribution is 9.10. The number of aromatic nitrogens is 2. The summed E-state index contributed by atoms with van der Waals surface area (Å²) < 4.78 is 22.6. The molecule has 12 heteroatoms. The Morgan fingerprint density at radius 3 is 2.44 bits per heavy atom. The number of amides is 1. The van der Waals surface area contributed by atoms with Crippen LogP contribution in [0.4, 0.5) is 17.5 Å². The molecular weight excluding hydrogens is 568 g/mol. The van der Waals surface area contributed by atoms with E-state index in [2.05, 4.69) is 35.8 Å². The fraction of sp³-hybridized carbons (Fsp3) is 0.333. The van der Waals surface area contributed by atoms with Gasteiger partial charge in [-0.2, -0.15) is 4.98 Å². The standard InChI is InChI=1S/C27H29BrN6O5/c1-36-21-11-16(12-22(37-2)24(21)38-3)10-17-14-30-27(32-25(17)29)31-23-19-13-18(28)4-5-20(19)34(26(23)35)15-33-6-8-39-9-7-33/h4-5,11-14H,6-10,15H2,1-3H3,(H2,29,30,32). The molecule has 1 saturated heterocycles. The number of benzene rings is 2. The van der Waals surface area contributed by atoms with Crippen molar-refractivity contribution in [3.05, 3.63) is 57.7 Å². The van der Waals surface area contributed by atoms with E-state index in [4.69, 9.17) is 24.7 Å². The number of fused-ring (bicyclic) bond motifs is 1. The Morgan fingerprint density at radius 2 is 1.79 bits per heavy atom. The van der Waals surface area contributed by atoms with Crippen LogP contribution in [0.3, 0.4) is 0 Å². The number of methoxy groups -OCH3 is 3. The number of nitrogens with two attached hydrogens (primary N) is 1. The van der Waals surface area contributed by atoms with Gasteiger partial charge in [0.25, 0.3) is 11.9 Å². The number of aliphatic imine (C=N–C) groups is 1. The Hall–Kier alpha value is -3.74. The second-order valence-corrected chi connectivity index (χ2v) is 9.93. The monoisotopic (exact) mass is 596 g/mol. The number of anilines is 2. The van der Waals surface area contributed by atoms with Crippen LogP contribution >= 0.6 is 15.9 Å². The summed E-state index contributed by atoms with van der Waals surface area (Å²) in [5, 5.41) is 0. The molecule has 0 unspecified atom stereocenters. The van der Waals surface area contributed by atoms with Gasteiger partial charge in [0.15, 0.2) is 11.5 Å². The summed E-state index contributed by atoms with van der Waals surface area (Å²) in [7, 11) is 4.69. The van der Waals surface area contributed by atoms with Crippen molar-refractivity contribution in [2.75, 3.05) is 64.9 Å². The summed E-state index contributed by atoms with van der Waals surface area (Å²) in [5.41, 5.74) is 9.67. The lowest BCUT2D eigenvalue weighted by Crippen LogP contribution is -2.45. The summed E-state index contributed by atoms with van der Waals surface area (Å²) in [6.07, 6.45) is 2.05. The molecule has 2 aromatic carbocycles. The van der Waals surface area contributed by atoms with Crippen molar-refractivity contribution in [3.8, 4) is 17.2 Å². The predicted molar refractivity (Wildman–Crippen MR) is 150 cm³/mol. The first-order chi connectivity index (χ1) is 18.9. The van der Waals surface area contributed by atoms with Gasteiger partial charge < -0.3 is 24.7 Å². The molecule has 0 spiro atoms. The third-order valence-corrected chi connectivity index (χ3v) is 7.11. The zero-order valence-electron chi connectivity index (χ0n) is 21.9. The Balaban J connectivity index is 1.42.